The van der Waals surface area contributed by atoms with Crippen LogP contribution in [-0.4, -0.2) is 5.78 Å². The molecule has 27 heavy (non-hydrogen) atoms. The Morgan fingerprint density at radius 1 is 0.556 bits per heavy atom. The lowest BCUT2D eigenvalue weighted by molar-refractivity contribution is 0.103. The Labute approximate surface area is 158 Å². The maximum absolute atomic E-state index is 12.8. The zero-order valence-corrected chi connectivity index (χ0v) is 14.7. The number of ether oxygens (including phenoxy) is 1. The van der Waals surface area contributed by atoms with Gasteiger partial charge in [-0.05, 0) is 35.4 Å². The molecule has 0 heterocycles. The Hall–Kier alpha value is -3.65. The Morgan fingerprint density at radius 3 is 1.81 bits per heavy atom. The molecule has 0 radical (unpaired) electrons. The lowest BCUT2D eigenvalue weighted by atomic mass is 10.0. The summed E-state index contributed by atoms with van der Waals surface area (Å²) < 4.78 is 6.02. The third-order valence-electron chi connectivity index (χ3n) is 4.36. The summed E-state index contributed by atoms with van der Waals surface area (Å²) in [5.41, 5.74) is 3.48. The van der Waals surface area contributed by atoms with Crippen molar-refractivity contribution in [2.45, 2.75) is 0 Å². The average Bonchev–Trinajstić information content (AvgIpc) is 2.75. The van der Waals surface area contributed by atoms with Gasteiger partial charge in [0.2, 0.25) is 0 Å². The lowest BCUT2D eigenvalue weighted by Gasteiger charge is -2.11. The van der Waals surface area contributed by atoms with Crippen LogP contribution in [0.15, 0.2) is 109 Å². The minimum absolute atomic E-state index is 0.0490. The molecular formula is C25H18O2. The van der Waals surface area contributed by atoms with Crippen LogP contribution >= 0.6 is 0 Å². The highest BCUT2D eigenvalue weighted by Gasteiger charge is 2.14. The van der Waals surface area contributed by atoms with E-state index in [2.05, 4.69) is 12.1 Å². The molecule has 2 nitrogen and oxygen atoms in total. The summed E-state index contributed by atoms with van der Waals surface area (Å²) in [6.07, 6.45) is 0. The van der Waals surface area contributed by atoms with Gasteiger partial charge >= 0.3 is 0 Å². The quantitative estimate of drug-likeness (QED) is 0.391. The third-order valence-corrected chi connectivity index (χ3v) is 4.36. The van der Waals surface area contributed by atoms with Gasteiger partial charge in [0.1, 0.15) is 11.5 Å². The molecule has 0 spiro atoms. The van der Waals surface area contributed by atoms with Crippen LogP contribution in [0.3, 0.4) is 0 Å². The van der Waals surface area contributed by atoms with Gasteiger partial charge in [0.15, 0.2) is 5.78 Å². The molecule has 0 bridgehead atoms. The summed E-state index contributed by atoms with van der Waals surface area (Å²) in [5, 5.41) is 0. The first-order valence-electron chi connectivity index (χ1n) is 8.83. The second-order valence-corrected chi connectivity index (χ2v) is 6.18. The summed E-state index contributed by atoms with van der Waals surface area (Å²) in [5.74, 6) is 1.20. The Kier molecular flexibility index (Phi) is 4.80. The summed E-state index contributed by atoms with van der Waals surface area (Å²) in [4.78, 5) is 12.8. The van der Waals surface area contributed by atoms with Crippen LogP contribution in [0.2, 0.25) is 0 Å². The van der Waals surface area contributed by atoms with E-state index in [1.54, 1.807) is 6.07 Å². The number of carbonyl (C=O) groups excluding carboxylic acids is 1. The van der Waals surface area contributed by atoms with Gasteiger partial charge in [0.25, 0.3) is 0 Å². The van der Waals surface area contributed by atoms with E-state index in [0.29, 0.717) is 22.6 Å². The Morgan fingerprint density at radius 2 is 1.11 bits per heavy atom. The van der Waals surface area contributed by atoms with Gasteiger partial charge < -0.3 is 4.74 Å². The van der Waals surface area contributed by atoms with Crippen molar-refractivity contribution in [2.75, 3.05) is 0 Å². The molecular weight excluding hydrogens is 332 g/mol. The number of hydrogen-bond donors (Lipinski definition) is 0. The summed E-state index contributed by atoms with van der Waals surface area (Å²) in [6.45, 7) is 0. The SMILES string of the molecule is O=C(c1ccccc1)c1ccccc1Oc1ccc(-c2ccccc2)cc1. The smallest absolute Gasteiger partial charge is 0.196 e. The van der Waals surface area contributed by atoms with E-state index in [1.165, 1.54) is 0 Å². The van der Waals surface area contributed by atoms with Gasteiger partial charge in [0.05, 0.1) is 5.56 Å². The third kappa shape index (κ3) is 3.80. The highest BCUT2D eigenvalue weighted by atomic mass is 16.5. The van der Waals surface area contributed by atoms with E-state index in [1.807, 2.05) is 91.0 Å². The minimum atomic E-state index is -0.0490. The number of ketones is 1. The molecule has 0 atom stereocenters. The van der Waals surface area contributed by atoms with E-state index in [0.717, 1.165) is 11.1 Å². The number of carbonyl (C=O) groups is 1. The number of rotatable bonds is 5. The van der Waals surface area contributed by atoms with Crippen LogP contribution in [0.25, 0.3) is 11.1 Å². The fourth-order valence-corrected chi connectivity index (χ4v) is 2.96. The van der Waals surface area contributed by atoms with Gasteiger partial charge in [-0.15, -0.1) is 0 Å². The maximum atomic E-state index is 12.8. The fourth-order valence-electron chi connectivity index (χ4n) is 2.96. The van der Waals surface area contributed by atoms with Crippen molar-refractivity contribution in [2.24, 2.45) is 0 Å². The standard InChI is InChI=1S/C25H18O2/c26-25(21-11-5-2-6-12-21)23-13-7-8-14-24(23)27-22-17-15-20(16-18-22)19-9-3-1-4-10-19/h1-18H. The molecule has 0 amide bonds. The normalized spacial score (nSPS) is 10.4. The second-order valence-electron chi connectivity index (χ2n) is 6.18. The molecule has 0 saturated heterocycles. The van der Waals surface area contributed by atoms with Crippen molar-refractivity contribution in [3.05, 3.63) is 120 Å². The van der Waals surface area contributed by atoms with Crippen LogP contribution in [0.1, 0.15) is 15.9 Å². The molecule has 0 aliphatic rings. The van der Waals surface area contributed by atoms with Crippen LogP contribution in [-0.2, 0) is 0 Å². The molecule has 130 valence electrons. The van der Waals surface area contributed by atoms with Gasteiger partial charge in [0, 0.05) is 5.56 Å². The van der Waals surface area contributed by atoms with E-state index < -0.39 is 0 Å². The van der Waals surface area contributed by atoms with E-state index in [-0.39, 0.29) is 5.78 Å². The number of benzene rings is 4. The van der Waals surface area contributed by atoms with Crippen molar-refractivity contribution in [3.8, 4) is 22.6 Å². The molecule has 0 fully saturated rings. The highest BCUT2D eigenvalue weighted by Crippen LogP contribution is 2.29. The van der Waals surface area contributed by atoms with Crippen molar-refractivity contribution >= 4 is 5.78 Å². The molecule has 0 aromatic heterocycles. The van der Waals surface area contributed by atoms with Crippen LogP contribution in [0, 0.1) is 0 Å². The molecule has 0 N–H and O–H groups in total. The second kappa shape index (κ2) is 7.71. The predicted molar refractivity (Wildman–Crippen MR) is 108 cm³/mol. The largest absolute Gasteiger partial charge is 0.457 e. The molecule has 4 aromatic carbocycles. The molecule has 0 saturated carbocycles. The monoisotopic (exact) mass is 350 g/mol. The lowest BCUT2D eigenvalue weighted by Crippen LogP contribution is -2.03. The molecule has 0 aliphatic heterocycles. The minimum Gasteiger partial charge on any atom is -0.457 e. The topological polar surface area (TPSA) is 26.3 Å². The maximum Gasteiger partial charge on any atom is 0.196 e. The van der Waals surface area contributed by atoms with Crippen molar-refractivity contribution in [1.82, 2.24) is 0 Å². The van der Waals surface area contributed by atoms with Crippen LogP contribution in [0.5, 0.6) is 11.5 Å². The summed E-state index contributed by atoms with van der Waals surface area (Å²) in [6, 6.07) is 34.6. The average molecular weight is 350 g/mol. The predicted octanol–water partition coefficient (Wildman–Crippen LogP) is 6.38. The van der Waals surface area contributed by atoms with Crippen LogP contribution < -0.4 is 4.74 Å². The molecule has 0 unspecified atom stereocenters. The Balaban J connectivity index is 1.59. The number of para-hydroxylation sites is 1. The zero-order chi connectivity index (χ0) is 18.5. The molecule has 4 aromatic rings. The first kappa shape index (κ1) is 16.8. The van der Waals surface area contributed by atoms with Crippen molar-refractivity contribution < 1.29 is 9.53 Å². The molecule has 4 rings (SSSR count). The fraction of sp³-hybridized carbons (Fsp3) is 0. The zero-order valence-electron chi connectivity index (χ0n) is 14.7. The first-order valence-corrected chi connectivity index (χ1v) is 8.83. The van der Waals surface area contributed by atoms with Gasteiger partial charge in [-0.3, -0.25) is 4.79 Å². The van der Waals surface area contributed by atoms with Gasteiger partial charge in [-0.1, -0.05) is 84.9 Å². The van der Waals surface area contributed by atoms with Crippen molar-refractivity contribution in [3.63, 3.8) is 0 Å². The van der Waals surface area contributed by atoms with Gasteiger partial charge in [-0.25, -0.2) is 0 Å². The van der Waals surface area contributed by atoms with Crippen LogP contribution in [0.4, 0.5) is 0 Å². The highest BCUT2D eigenvalue weighted by molar-refractivity contribution is 6.10. The van der Waals surface area contributed by atoms with E-state index in [9.17, 15) is 4.79 Å². The van der Waals surface area contributed by atoms with E-state index in [4.69, 9.17) is 4.74 Å². The number of hydrogen-bond acceptors (Lipinski definition) is 2. The Bertz CT molecular complexity index is 1040. The van der Waals surface area contributed by atoms with Gasteiger partial charge in [-0.2, -0.15) is 0 Å². The summed E-state index contributed by atoms with van der Waals surface area (Å²) >= 11 is 0. The molecule has 2 heteroatoms. The summed E-state index contributed by atoms with van der Waals surface area (Å²) in [7, 11) is 0. The molecule has 0 aliphatic carbocycles. The first-order chi connectivity index (χ1) is 13.3. The van der Waals surface area contributed by atoms with E-state index >= 15 is 0 Å². The van der Waals surface area contributed by atoms with Crippen molar-refractivity contribution in [1.29, 1.82) is 0 Å².